The number of pyridine rings is 1. The van der Waals surface area contributed by atoms with Crippen molar-refractivity contribution < 1.29 is 0 Å². The molecular weight excluding hydrogens is 273 g/mol. The zero-order valence-electron chi connectivity index (χ0n) is 6.94. The van der Waals surface area contributed by atoms with Gasteiger partial charge >= 0.3 is 0 Å². The molecule has 2 aromatic rings. The maximum Gasteiger partial charge on any atom is 0.0835 e. The van der Waals surface area contributed by atoms with Crippen LogP contribution in [0, 0.1) is 3.57 Å². The van der Waals surface area contributed by atoms with Gasteiger partial charge in [0.05, 0.1) is 5.69 Å². The van der Waals surface area contributed by atoms with E-state index < -0.39 is 0 Å². The molecule has 0 aliphatic carbocycles. The third kappa shape index (κ3) is 1.88. The van der Waals surface area contributed by atoms with Crippen molar-refractivity contribution in [3.63, 3.8) is 0 Å². The van der Waals surface area contributed by atoms with Crippen LogP contribution in [0.2, 0.25) is 0 Å². The summed E-state index contributed by atoms with van der Waals surface area (Å²) < 4.78 is 1.19. The van der Waals surface area contributed by atoms with Gasteiger partial charge in [-0.15, -0.1) is 0 Å². The minimum absolute atomic E-state index is 1.06. The molecule has 2 rings (SSSR count). The Hall–Kier alpha value is -0.900. The van der Waals surface area contributed by atoms with Crippen molar-refractivity contribution in [1.82, 2.24) is 4.98 Å². The van der Waals surface area contributed by atoms with Gasteiger partial charge in [-0.2, -0.15) is 0 Å². The summed E-state index contributed by atoms with van der Waals surface area (Å²) in [5.41, 5.74) is 2.23. The fourth-order valence-electron chi connectivity index (χ4n) is 1.19. The lowest BCUT2D eigenvalue weighted by Crippen LogP contribution is -1.85. The zero-order valence-corrected chi connectivity index (χ0v) is 9.10. The Balaban J connectivity index is 2.54. The molecule has 1 aromatic heterocycles. The summed E-state index contributed by atoms with van der Waals surface area (Å²) in [6, 6.07) is 14.2. The fraction of sp³-hybridized carbons (Fsp3) is 0. The highest BCUT2D eigenvalue weighted by Crippen LogP contribution is 2.21. The average molecular weight is 281 g/mol. The molecule has 0 amide bonds. The predicted octanol–water partition coefficient (Wildman–Crippen LogP) is 3.35. The van der Waals surface area contributed by atoms with Gasteiger partial charge in [-0.1, -0.05) is 30.3 Å². The van der Waals surface area contributed by atoms with E-state index in [0.29, 0.717) is 0 Å². The first kappa shape index (κ1) is 8.69. The molecule has 1 aromatic carbocycles. The van der Waals surface area contributed by atoms with Gasteiger partial charge in [0.2, 0.25) is 0 Å². The van der Waals surface area contributed by atoms with Gasteiger partial charge in [0.1, 0.15) is 0 Å². The molecule has 2 heteroatoms. The van der Waals surface area contributed by atoms with E-state index in [4.69, 9.17) is 0 Å². The second kappa shape index (κ2) is 3.87. The molecule has 0 unspecified atom stereocenters. The van der Waals surface area contributed by atoms with E-state index in [-0.39, 0.29) is 0 Å². The maximum absolute atomic E-state index is 4.34. The van der Waals surface area contributed by atoms with Crippen molar-refractivity contribution in [2.45, 2.75) is 0 Å². The van der Waals surface area contributed by atoms with Crippen LogP contribution < -0.4 is 0 Å². The lowest BCUT2D eigenvalue weighted by Gasteiger charge is -2.01. The Morgan fingerprint density at radius 1 is 0.923 bits per heavy atom. The highest BCUT2D eigenvalue weighted by Gasteiger charge is 2.01. The van der Waals surface area contributed by atoms with Gasteiger partial charge in [0.15, 0.2) is 0 Å². The molecule has 0 N–H and O–H groups in total. The second-order valence-corrected chi connectivity index (χ2v) is 3.86. The van der Waals surface area contributed by atoms with E-state index in [1.165, 1.54) is 9.13 Å². The Labute approximate surface area is 91.0 Å². The third-order valence-electron chi connectivity index (χ3n) is 1.81. The average Bonchev–Trinajstić information content (AvgIpc) is 2.20. The standard InChI is InChI=1S/C11H8IN/c12-10-7-4-8-13-11(10)9-5-2-1-3-6-9/h1-8H. The first-order valence-corrected chi connectivity index (χ1v) is 5.12. The molecule has 0 spiro atoms. The van der Waals surface area contributed by atoms with E-state index in [1.54, 1.807) is 0 Å². The minimum Gasteiger partial charge on any atom is -0.255 e. The molecule has 0 aliphatic heterocycles. The molecule has 64 valence electrons. The lowest BCUT2D eigenvalue weighted by atomic mass is 10.1. The summed E-state index contributed by atoms with van der Waals surface area (Å²) in [4.78, 5) is 4.34. The predicted molar refractivity (Wildman–Crippen MR) is 62.4 cm³/mol. The van der Waals surface area contributed by atoms with Crippen molar-refractivity contribution in [3.05, 3.63) is 52.2 Å². The van der Waals surface area contributed by atoms with E-state index >= 15 is 0 Å². The molecule has 13 heavy (non-hydrogen) atoms. The number of rotatable bonds is 1. The highest BCUT2D eigenvalue weighted by molar-refractivity contribution is 14.1. The van der Waals surface area contributed by atoms with Crippen molar-refractivity contribution >= 4 is 22.6 Å². The Morgan fingerprint density at radius 3 is 2.38 bits per heavy atom. The topological polar surface area (TPSA) is 12.9 Å². The molecule has 1 nitrogen and oxygen atoms in total. The van der Waals surface area contributed by atoms with Gasteiger partial charge in [-0.25, -0.2) is 0 Å². The van der Waals surface area contributed by atoms with Crippen LogP contribution in [0.5, 0.6) is 0 Å². The molecule has 0 atom stereocenters. The fourth-order valence-corrected chi connectivity index (χ4v) is 1.85. The quantitative estimate of drug-likeness (QED) is 0.730. The van der Waals surface area contributed by atoms with Crippen molar-refractivity contribution in [3.8, 4) is 11.3 Å². The molecular formula is C11H8IN. The van der Waals surface area contributed by atoms with Crippen molar-refractivity contribution in [2.24, 2.45) is 0 Å². The minimum atomic E-state index is 1.06. The summed E-state index contributed by atoms with van der Waals surface area (Å²) >= 11 is 2.30. The van der Waals surface area contributed by atoms with E-state index in [0.717, 1.165) is 5.69 Å². The maximum atomic E-state index is 4.34. The van der Waals surface area contributed by atoms with E-state index in [9.17, 15) is 0 Å². The van der Waals surface area contributed by atoms with Crippen LogP contribution >= 0.6 is 22.6 Å². The van der Waals surface area contributed by atoms with Crippen LogP contribution in [-0.4, -0.2) is 4.98 Å². The SMILES string of the molecule is Ic1cccnc1-c1ccccc1. The molecule has 0 radical (unpaired) electrons. The summed E-state index contributed by atoms with van der Waals surface area (Å²) in [7, 11) is 0. The van der Waals surface area contributed by atoms with E-state index in [1.807, 2.05) is 30.5 Å². The highest BCUT2D eigenvalue weighted by atomic mass is 127. The van der Waals surface area contributed by atoms with Gasteiger partial charge in [0.25, 0.3) is 0 Å². The number of nitrogens with zero attached hydrogens (tertiary/aromatic N) is 1. The van der Waals surface area contributed by atoms with Crippen molar-refractivity contribution in [2.75, 3.05) is 0 Å². The van der Waals surface area contributed by atoms with Crippen LogP contribution in [0.25, 0.3) is 11.3 Å². The first-order valence-electron chi connectivity index (χ1n) is 4.04. The van der Waals surface area contributed by atoms with Gasteiger partial charge < -0.3 is 0 Å². The molecule has 0 bridgehead atoms. The second-order valence-electron chi connectivity index (χ2n) is 2.70. The third-order valence-corrected chi connectivity index (χ3v) is 2.68. The van der Waals surface area contributed by atoms with Gasteiger partial charge in [0, 0.05) is 15.3 Å². The number of aromatic nitrogens is 1. The van der Waals surface area contributed by atoms with Crippen LogP contribution in [0.15, 0.2) is 48.7 Å². The number of hydrogen-bond donors (Lipinski definition) is 0. The van der Waals surface area contributed by atoms with Gasteiger partial charge in [-0.05, 0) is 34.7 Å². The summed E-state index contributed by atoms with van der Waals surface area (Å²) in [5.74, 6) is 0. The van der Waals surface area contributed by atoms with E-state index in [2.05, 4.69) is 45.8 Å². The summed E-state index contributed by atoms with van der Waals surface area (Å²) in [6.07, 6.45) is 1.82. The van der Waals surface area contributed by atoms with Gasteiger partial charge in [-0.3, -0.25) is 4.98 Å². The van der Waals surface area contributed by atoms with Crippen LogP contribution in [0.1, 0.15) is 0 Å². The Bertz CT molecular complexity index is 398. The molecule has 0 fully saturated rings. The number of halogens is 1. The number of hydrogen-bond acceptors (Lipinski definition) is 1. The monoisotopic (exact) mass is 281 g/mol. The molecule has 1 heterocycles. The first-order chi connectivity index (χ1) is 6.38. The molecule has 0 saturated heterocycles. The van der Waals surface area contributed by atoms with Crippen LogP contribution in [0.3, 0.4) is 0 Å². The normalized spacial score (nSPS) is 9.92. The van der Waals surface area contributed by atoms with Crippen LogP contribution in [0.4, 0.5) is 0 Å². The Morgan fingerprint density at radius 2 is 1.69 bits per heavy atom. The van der Waals surface area contributed by atoms with Crippen LogP contribution in [-0.2, 0) is 0 Å². The number of benzene rings is 1. The Kier molecular flexibility index (Phi) is 2.59. The summed E-state index contributed by atoms with van der Waals surface area (Å²) in [5, 5.41) is 0. The zero-order chi connectivity index (χ0) is 9.10. The van der Waals surface area contributed by atoms with Crippen molar-refractivity contribution in [1.29, 1.82) is 0 Å². The smallest absolute Gasteiger partial charge is 0.0835 e. The summed E-state index contributed by atoms with van der Waals surface area (Å²) in [6.45, 7) is 0. The molecule has 0 aliphatic rings. The lowest BCUT2D eigenvalue weighted by molar-refractivity contribution is 1.31. The largest absolute Gasteiger partial charge is 0.255 e. The molecule has 0 saturated carbocycles.